The maximum atomic E-state index is 5.33. The smallest absolute Gasteiger partial charge is 0.238 e. The van der Waals surface area contributed by atoms with Crippen LogP contribution in [0.4, 0.5) is 0 Å². The van der Waals surface area contributed by atoms with Crippen molar-refractivity contribution in [1.82, 2.24) is 19.5 Å². The molecule has 1 aliphatic carbocycles. The van der Waals surface area contributed by atoms with E-state index in [1.165, 1.54) is 49.0 Å². The lowest BCUT2D eigenvalue weighted by atomic mass is 9.99. The molecule has 4 heteroatoms. The molecule has 0 spiro atoms. The van der Waals surface area contributed by atoms with Gasteiger partial charge in [0.05, 0.1) is 11.0 Å². The molecule has 2 aromatic heterocycles. The van der Waals surface area contributed by atoms with Gasteiger partial charge in [-0.2, -0.15) is 9.97 Å². The van der Waals surface area contributed by atoms with Crippen molar-refractivity contribution in [2.75, 3.05) is 0 Å². The van der Waals surface area contributed by atoms with E-state index in [-0.39, 0.29) is 0 Å². The third-order valence-electron chi connectivity index (χ3n) is 10.6. The van der Waals surface area contributed by atoms with Crippen LogP contribution in [0.5, 0.6) is 0 Å². The zero-order valence-corrected chi connectivity index (χ0v) is 28.2. The summed E-state index contributed by atoms with van der Waals surface area (Å²) in [5, 5.41) is 7.60. The minimum atomic E-state index is 0.610. The van der Waals surface area contributed by atoms with E-state index >= 15 is 0 Å². The van der Waals surface area contributed by atoms with Gasteiger partial charge in [-0.3, -0.25) is 4.57 Å². The third-order valence-corrected chi connectivity index (χ3v) is 10.6. The van der Waals surface area contributed by atoms with Gasteiger partial charge in [0, 0.05) is 27.3 Å². The Balaban J connectivity index is 1.19. The Bertz CT molecular complexity index is 3020. The average Bonchev–Trinajstić information content (AvgIpc) is 3.96. The summed E-state index contributed by atoms with van der Waals surface area (Å²) in [5.74, 6) is 1.88. The lowest BCUT2D eigenvalue weighted by Crippen LogP contribution is -2.06. The summed E-state index contributed by atoms with van der Waals surface area (Å²) in [4.78, 5) is 15.8. The maximum Gasteiger partial charge on any atom is 0.238 e. The normalized spacial score (nSPS) is 12.2. The van der Waals surface area contributed by atoms with Crippen molar-refractivity contribution < 1.29 is 0 Å². The molecule has 0 radical (unpaired) electrons. The minimum absolute atomic E-state index is 0.610. The van der Waals surface area contributed by atoms with Crippen LogP contribution in [-0.2, 0) is 6.42 Å². The van der Waals surface area contributed by atoms with Gasteiger partial charge in [0.25, 0.3) is 0 Å². The molecule has 1 aliphatic rings. The summed E-state index contributed by atoms with van der Waals surface area (Å²) in [7, 11) is 0. The third kappa shape index (κ3) is 4.51. The first kappa shape index (κ1) is 28.9. The molecule has 8 aromatic carbocycles. The van der Waals surface area contributed by atoms with Crippen LogP contribution >= 0.6 is 0 Å². The maximum absolute atomic E-state index is 5.33. The number of aromatic nitrogens is 4. The molecule has 11 rings (SSSR count). The first-order valence-corrected chi connectivity index (χ1v) is 17.7. The van der Waals surface area contributed by atoms with E-state index in [0.29, 0.717) is 17.6 Å². The van der Waals surface area contributed by atoms with Crippen LogP contribution in [0.25, 0.3) is 94.3 Å². The Morgan fingerprint density at radius 2 is 0.923 bits per heavy atom. The average molecular weight is 663 g/mol. The second-order valence-corrected chi connectivity index (χ2v) is 13.6. The predicted molar refractivity (Wildman–Crippen MR) is 214 cm³/mol. The summed E-state index contributed by atoms with van der Waals surface area (Å²) >= 11 is 0. The molecule has 0 bridgehead atoms. The van der Waals surface area contributed by atoms with E-state index in [9.17, 15) is 0 Å². The van der Waals surface area contributed by atoms with Gasteiger partial charge >= 0.3 is 0 Å². The molecule has 0 N–H and O–H groups in total. The fraction of sp³-hybridized carbons (Fsp3) is 0.0208. The highest BCUT2D eigenvalue weighted by molar-refractivity contribution is 6.26. The van der Waals surface area contributed by atoms with Crippen LogP contribution in [0.2, 0.25) is 0 Å². The van der Waals surface area contributed by atoms with E-state index in [2.05, 4.69) is 162 Å². The molecule has 0 saturated carbocycles. The quantitative estimate of drug-likeness (QED) is 0.172. The van der Waals surface area contributed by atoms with Gasteiger partial charge in [0.2, 0.25) is 5.95 Å². The van der Waals surface area contributed by atoms with E-state index in [1.54, 1.807) is 0 Å². The Labute approximate surface area is 300 Å². The minimum Gasteiger partial charge on any atom is -0.277 e. The number of nitrogens with zero attached hydrogens (tertiary/aromatic N) is 4. The zero-order chi connectivity index (χ0) is 34.2. The fourth-order valence-electron chi connectivity index (χ4n) is 8.04. The van der Waals surface area contributed by atoms with Crippen LogP contribution in [-0.4, -0.2) is 19.5 Å². The Morgan fingerprint density at radius 1 is 0.365 bits per heavy atom. The summed E-state index contributed by atoms with van der Waals surface area (Å²) in [6, 6.07) is 60.0. The van der Waals surface area contributed by atoms with Gasteiger partial charge in [-0.15, -0.1) is 0 Å². The van der Waals surface area contributed by atoms with Gasteiger partial charge < -0.3 is 0 Å². The number of hydrogen-bond acceptors (Lipinski definition) is 3. The molecule has 2 heterocycles. The molecule has 0 aliphatic heterocycles. The van der Waals surface area contributed by atoms with Crippen molar-refractivity contribution in [3.05, 3.63) is 181 Å². The zero-order valence-electron chi connectivity index (χ0n) is 28.2. The van der Waals surface area contributed by atoms with Crippen LogP contribution in [0.15, 0.2) is 170 Å². The molecule has 52 heavy (non-hydrogen) atoms. The van der Waals surface area contributed by atoms with E-state index < -0.39 is 0 Å². The van der Waals surface area contributed by atoms with Crippen molar-refractivity contribution in [1.29, 1.82) is 0 Å². The number of fused-ring (bicyclic) bond motifs is 10. The molecule has 4 nitrogen and oxygen atoms in total. The van der Waals surface area contributed by atoms with Gasteiger partial charge in [-0.05, 0) is 68.1 Å². The number of hydrogen-bond donors (Lipinski definition) is 0. The van der Waals surface area contributed by atoms with Gasteiger partial charge in [-0.25, -0.2) is 4.98 Å². The molecule has 0 atom stereocenters. The molecule has 0 saturated heterocycles. The second kappa shape index (κ2) is 11.3. The summed E-state index contributed by atoms with van der Waals surface area (Å²) < 4.78 is 2.29. The lowest BCUT2D eigenvalue weighted by Gasteiger charge is -2.13. The van der Waals surface area contributed by atoms with Crippen LogP contribution in [0, 0.1) is 0 Å². The molecule has 242 valence electrons. The monoisotopic (exact) mass is 662 g/mol. The molecule has 0 fully saturated rings. The number of para-hydroxylation sites is 1. The summed E-state index contributed by atoms with van der Waals surface area (Å²) in [5.41, 5.74) is 11.6. The number of benzene rings is 8. The number of rotatable bonds is 5. The van der Waals surface area contributed by atoms with Crippen molar-refractivity contribution >= 4 is 43.4 Å². The first-order valence-electron chi connectivity index (χ1n) is 17.7. The van der Waals surface area contributed by atoms with Crippen molar-refractivity contribution in [3.8, 4) is 51.0 Å². The van der Waals surface area contributed by atoms with E-state index in [4.69, 9.17) is 15.0 Å². The molecule has 10 aromatic rings. The summed E-state index contributed by atoms with van der Waals surface area (Å²) in [6.45, 7) is 0. The van der Waals surface area contributed by atoms with Crippen molar-refractivity contribution in [2.45, 2.75) is 6.42 Å². The van der Waals surface area contributed by atoms with Crippen LogP contribution < -0.4 is 0 Å². The van der Waals surface area contributed by atoms with Crippen LogP contribution in [0.3, 0.4) is 0 Å². The Kier molecular flexibility index (Phi) is 6.28. The van der Waals surface area contributed by atoms with E-state index in [0.717, 1.165) is 45.3 Å². The van der Waals surface area contributed by atoms with Crippen LogP contribution in [0.1, 0.15) is 11.1 Å². The van der Waals surface area contributed by atoms with Gasteiger partial charge in [0.1, 0.15) is 0 Å². The molecular weight excluding hydrogens is 633 g/mol. The van der Waals surface area contributed by atoms with Gasteiger partial charge in [-0.1, -0.05) is 158 Å². The standard InChI is InChI=1S/C48H30N4/c1-3-12-30(13-4-1)32-22-24-33(25-23-32)46-49-47(35-17-11-16-34(28-35)31-14-5-2-6-15-31)51-48(50-46)52-43-21-10-9-20-38(43)40-27-26-39-36-18-7-8-19-37(36)41-29-42(41)44(39)45(40)52/h1-28H,29H2. The van der Waals surface area contributed by atoms with Crippen molar-refractivity contribution in [2.24, 2.45) is 0 Å². The van der Waals surface area contributed by atoms with Crippen molar-refractivity contribution in [3.63, 3.8) is 0 Å². The molecular formula is C48H30N4. The molecule has 0 unspecified atom stereocenters. The SMILES string of the molecule is c1ccc(-c2ccc(-c3nc(-c4cccc(-c5ccccc5)c4)nc(-n4c5ccccc5c5ccc6c7ccccc7c7c(c6c54)C7)n3)cc2)cc1. The fourth-order valence-corrected chi connectivity index (χ4v) is 8.04. The largest absolute Gasteiger partial charge is 0.277 e. The first-order chi connectivity index (χ1) is 25.8. The van der Waals surface area contributed by atoms with Gasteiger partial charge in [0.15, 0.2) is 11.6 Å². The predicted octanol–water partition coefficient (Wildman–Crippen LogP) is 11.8. The Morgan fingerprint density at radius 3 is 1.69 bits per heavy atom. The lowest BCUT2D eigenvalue weighted by molar-refractivity contribution is 0.955. The second-order valence-electron chi connectivity index (χ2n) is 13.6. The Hall–Kier alpha value is -6.91. The van der Waals surface area contributed by atoms with E-state index in [1.807, 2.05) is 12.1 Å². The topological polar surface area (TPSA) is 43.6 Å². The highest BCUT2D eigenvalue weighted by Crippen LogP contribution is 2.47. The highest BCUT2D eigenvalue weighted by atomic mass is 15.2. The summed E-state index contributed by atoms with van der Waals surface area (Å²) in [6.07, 6.45) is 0.998. The molecule has 0 amide bonds. The highest BCUT2D eigenvalue weighted by Gasteiger charge is 2.28.